The minimum Gasteiger partial charge on any atom is -0.479 e. The van der Waals surface area contributed by atoms with Gasteiger partial charge >= 0.3 is 12.1 Å². The molecule has 1 fully saturated rings. The number of alkyl halides is 3. The Kier molecular flexibility index (Phi) is 3.62. The Labute approximate surface area is 102 Å². The van der Waals surface area contributed by atoms with E-state index in [1.165, 1.54) is 0 Å². The Morgan fingerprint density at radius 2 is 1.89 bits per heavy atom. The van der Waals surface area contributed by atoms with Crippen LogP contribution < -0.4 is 11.1 Å². The van der Waals surface area contributed by atoms with Crippen LogP contribution in [0.5, 0.6) is 0 Å². The second kappa shape index (κ2) is 4.42. The number of carboxylic acids is 1. The van der Waals surface area contributed by atoms with Gasteiger partial charge in [0.1, 0.15) is 0 Å². The highest BCUT2D eigenvalue weighted by molar-refractivity contribution is 5.91. The predicted octanol–water partition coefficient (Wildman–Crippen LogP) is 0.637. The maximum absolute atomic E-state index is 12.7. The number of halogens is 3. The summed E-state index contributed by atoms with van der Waals surface area (Å²) in [7, 11) is 0. The van der Waals surface area contributed by atoms with E-state index >= 15 is 0 Å². The summed E-state index contributed by atoms with van der Waals surface area (Å²) in [5.41, 5.74) is 1.04. The van der Waals surface area contributed by atoms with Crippen LogP contribution in [0.25, 0.3) is 0 Å². The van der Waals surface area contributed by atoms with Crippen molar-refractivity contribution in [3.05, 3.63) is 0 Å². The molecule has 0 aromatic rings. The van der Waals surface area contributed by atoms with Gasteiger partial charge in [-0.05, 0) is 19.8 Å². The maximum Gasteiger partial charge on any atom is 0.422 e. The van der Waals surface area contributed by atoms with E-state index in [4.69, 9.17) is 10.8 Å². The van der Waals surface area contributed by atoms with Crippen LogP contribution in [-0.2, 0) is 9.59 Å². The standard InChI is InChI=1S/C10H15F3N2O3/c1-8(7(17)18,10(11,12)13)15-6(16)9(5-14)3-2-4-9/h2-5,14H2,1H3,(H,15,16)(H,17,18). The van der Waals surface area contributed by atoms with E-state index in [1.807, 2.05) is 0 Å². The Balaban J connectivity index is 2.93. The van der Waals surface area contributed by atoms with Gasteiger partial charge in [0.15, 0.2) is 0 Å². The number of amides is 1. The van der Waals surface area contributed by atoms with Gasteiger partial charge in [0, 0.05) is 6.54 Å². The molecule has 0 aromatic carbocycles. The van der Waals surface area contributed by atoms with Crippen LogP contribution in [0.3, 0.4) is 0 Å². The van der Waals surface area contributed by atoms with Crippen molar-refractivity contribution >= 4 is 11.9 Å². The first-order chi connectivity index (χ1) is 8.09. The molecular weight excluding hydrogens is 253 g/mol. The van der Waals surface area contributed by atoms with E-state index in [-0.39, 0.29) is 6.54 Å². The highest BCUT2D eigenvalue weighted by atomic mass is 19.4. The van der Waals surface area contributed by atoms with Crippen molar-refractivity contribution in [3.8, 4) is 0 Å². The summed E-state index contributed by atoms with van der Waals surface area (Å²) in [6.45, 7) is 0.336. The third kappa shape index (κ3) is 2.16. The molecule has 1 amide bonds. The van der Waals surface area contributed by atoms with Crippen molar-refractivity contribution in [2.24, 2.45) is 11.1 Å². The van der Waals surface area contributed by atoms with E-state index in [0.717, 1.165) is 0 Å². The second-order valence-electron chi connectivity index (χ2n) is 4.72. The molecule has 1 atom stereocenters. The van der Waals surface area contributed by atoms with Crippen molar-refractivity contribution in [2.75, 3.05) is 6.54 Å². The average Bonchev–Trinajstić information content (AvgIpc) is 2.14. The minimum atomic E-state index is -5.08. The Hall–Kier alpha value is -1.31. The summed E-state index contributed by atoms with van der Waals surface area (Å²) in [4.78, 5) is 22.5. The van der Waals surface area contributed by atoms with Crippen LogP contribution >= 0.6 is 0 Å². The molecule has 0 heterocycles. The predicted molar refractivity (Wildman–Crippen MR) is 55.6 cm³/mol. The number of carbonyl (C=O) groups excluding carboxylic acids is 1. The van der Waals surface area contributed by atoms with E-state index in [0.29, 0.717) is 26.2 Å². The number of aliphatic carboxylic acids is 1. The minimum absolute atomic E-state index is 0.0909. The van der Waals surface area contributed by atoms with Gasteiger partial charge in [-0.15, -0.1) is 0 Å². The highest BCUT2D eigenvalue weighted by Crippen LogP contribution is 2.41. The molecule has 0 bridgehead atoms. The van der Waals surface area contributed by atoms with Gasteiger partial charge in [0.25, 0.3) is 0 Å². The third-order valence-electron chi connectivity index (χ3n) is 3.54. The molecular formula is C10H15F3N2O3. The monoisotopic (exact) mass is 268 g/mol. The summed E-state index contributed by atoms with van der Waals surface area (Å²) >= 11 is 0. The molecule has 4 N–H and O–H groups in total. The zero-order valence-electron chi connectivity index (χ0n) is 9.80. The lowest BCUT2D eigenvalue weighted by atomic mass is 9.68. The van der Waals surface area contributed by atoms with Crippen molar-refractivity contribution in [1.82, 2.24) is 5.32 Å². The van der Waals surface area contributed by atoms with Crippen LogP contribution in [0.1, 0.15) is 26.2 Å². The molecule has 0 aromatic heterocycles. The van der Waals surface area contributed by atoms with Crippen LogP contribution in [0, 0.1) is 5.41 Å². The number of rotatable bonds is 4. The smallest absolute Gasteiger partial charge is 0.422 e. The normalized spacial score (nSPS) is 21.6. The van der Waals surface area contributed by atoms with Gasteiger partial charge in [-0.25, -0.2) is 4.79 Å². The number of nitrogens with two attached hydrogens (primary N) is 1. The molecule has 18 heavy (non-hydrogen) atoms. The summed E-state index contributed by atoms with van der Waals surface area (Å²) in [5.74, 6) is -3.09. The highest BCUT2D eigenvalue weighted by Gasteiger charge is 2.60. The molecule has 1 aliphatic rings. The second-order valence-corrected chi connectivity index (χ2v) is 4.72. The van der Waals surface area contributed by atoms with E-state index in [9.17, 15) is 22.8 Å². The van der Waals surface area contributed by atoms with Crippen molar-refractivity contribution in [2.45, 2.75) is 37.9 Å². The number of carbonyl (C=O) groups is 2. The number of hydrogen-bond acceptors (Lipinski definition) is 3. The summed E-state index contributed by atoms with van der Waals surface area (Å²) in [6, 6.07) is 0. The van der Waals surface area contributed by atoms with Gasteiger partial charge < -0.3 is 16.2 Å². The number of carboxylic acid groups (broad SMARTS) is 1. The lowest BCUT2D eigenvalue weighted by Crippen LogP contribution is -2.65. The van der Waals surface area contributed by atoms with Crippen LogP contribution in [0.2, 0.25) is 0 Å². The van der Waals surface area contributed by atoms with Gasteiger partial charge in [-0.2, -0.15) is 13.2 Å². The Morgan fingerprint density at radius 1 is 1.39 bits per heavy atom. The SMILES string of the molecule is CC(NC(=O)C1(CN)CCC1)(C(=O)O)C(F)(F)F. The largest absolute Gasteiger partial charge is 0.479 e. The van der Waals surface area contributed by atoms with Crippen molar-refractivity contribution in [3.63, 3.8) is 0 Å². The number of hydrogen-bond donors (Lipinski definition) is 3. The summed E-state index contributed by atoms with van der Waals surface area (Å²) in [5, 5.41) is 10.3. The molecule has 0 radical (unpaired) electrons. The molecule has 1 rings (SSSR count). The first-order valence-electron chi connectivity index (χ1n) is 5.42. The lowest BCUT2D eigenvalue weighted by Gasteiger charge is -2.41. The fourth-order valence-electron chi connectivity index (χ4n) is 1.73. The Morgan fingerprint density at radius 3 is 2.11 bits per heavy atom. The van der Waals surface area contributed by atoms with Crippen LogP contribution in [-0.4, -0.2) is 35.2 Å². The molecule has 0 saturated heterocycles. The molecule has 1 unspecified atom stereocenters. The number of nitrogens with one attached hydrogen (secondary N) is 1. The molecule has 1 aliphatic carbocycles. The van der Waals surface area contributed by atoms with Crippen molar-refractivity contribution < 1.29 is 27.9 Å². The first-order valence-corrected chi connectivity index (χ1v) is 5.42. The fourth-order valence-corrected chi connectivity index (χ4v) is 1.73. The lowest BCUT2D eigenvalue weighted by molar-refractivity contribution is -0.208. The molecule has 5 nitrogen and oxygen atoms in total. The van der Waals surface area contributed by atoms with E-state index < -0.39 is 29.0 Å². The van der Waals surface area contributed by atoms with Gasteiger partial charge in [0.05, 0.1) is 5.41 Å². The molecule has 1 saturated carbocycles. The summed E-state index contributed by atoms with van der Waals surface area (Å²) < 4.78 is 38.1. The zero-order valence-corrected chi connectivity index (χ0v) is 9.80. The van der Waals surface area contributed by atoms with Gasteiger partial charge in [-0.3, -0.25) is 4.79 Å². The molecule has 0 aliphatic heterocycles. The van der Waals surface area contributed by atoms with Crippen LogP contribution in [0.15, 0.2) is 0 Å². The molecule has 0 spiro atoms. The summed E-state index contributed by atoms with van der Waals surface area (Å²) in [6.07, 6.45) is -3.62. The Bertz CT molecular complexity index is 360. The van der Waals surface area contributed by atoms with E-state index in [1.54, 1.807) is 5.32 Å². The van der Waals surface area contributed by atoms with Gasteiger partial charge in [-0.1, -0.05) is 6.42 Å². The third-order valence-corrected chi connectivity index (χ3v) is 3.54. The topological polar surface area (TPSA) is 92.4 Å². The maximum atomic E-state index is 12.7. The van der Waals surface area contributed by atoms with Crippen LogP contribution in [0.4, 0.5) is 13.2 Å². The first kappa shape index (κ1) is 14.7. The quantitative estimate of drug-likeness (QED) is 0.697. The van der Waals surface area contributed by atoms with Crippen molar-refractivity contribution in [1.29, 1.82) is 0 Å². The zero-order chi connectivity index (χ0) is 14.2. The van der Waals surface area contributed by atoms with E-state index in [2.05, 4.69) is 0 Å². The average molecular weight is 268 g/mol. The molecule has 8 heteroatoms. The fraction of sp³-hybridized carbons (Fsp3) is 0.800. The molecule has 104 valence electrons. The van der Waals surface area contributed by atoms with Gasteiger partial charge in [0.2, 0.25) is 11.4 Å².